The maximum absolute atomic E-state index is 12.8. The molecule has 0 saturated heterocycles. The van der Waals surface area contributed by atoms with Gasteiger partial charge in [-0.2, -0.15) is 0 Å². The monoisotopic (exact) mass is 264 g/mol. The van der Waals surface area contributed by atoms with Crippen molar-refractivity contribution in [2.24, 2.45) is 23.7 Å². The molecule has 2 fully saturated rings. The Hall–Kier alpha value is -0.330. The smallest absolute Gasteiger partial charge is 0.139 e. The molecule has 1 nitrogen and oxygen atoms in total. The molecule has 19 heavy (non-hydrogen) atoms. The number of rotatable bonds is 5. The number of Topliss-reactive ketones (excluding diaryl/α,β-unsaturated/α-hetero) is 1. The summed E-state index contributed by atoms with van der Waals surface area (Å²) in [6, 6.07) is 0. The summed E-state index contributed by atoms with van der Waals surface area (Å²) in [5, 5.41) is 0. The molecular formula is C18H32O. The highest BCUT2D eigenvalue weighted by atomic mass is 16.1. The first-order chi connectivity index (χ1) is 9.26. The highest BCUT2D eigenvalue weighted by Crippen LogP contribution is 2.39. The van der Waals surface area contributed by atoms with E-state index in [0.29, 0.717) is 23.5 Å². The van der Waals surface area contributed by atoms with E-state index < -0.39 is 0 Å². The predicted octanol–water partition coefficient (Wildman–Crippen LogP) is 5.38. The summed E-state index contributed by atoms with van der Waals surface area (Å²) in [7, 11) is 0. The third-order valence-corrected chi connectivity index (χ3v) is 5.74. The highest BCUT2D eigenvalue weighted by Gasteiger charge is 2.35. The van der Waals surface area contributed by atoms with E-state index in [0.717, 1.165) is 5.92 Å². The van der Waals surface area contributed by atoms with Crippen molar-refractivity contribution in [1.29, 1.82) is 0 Å². The van der Waals surface area contributed by atoms with Gasteiger partial charge in [0.1, 0.15) is 5.78 Å². The standard InChI is InChI=1S/C18H32O/c1-3-7-14-10-12-16(13-11-14)18(19)17-9-6-5-8-15(17)4-2/h14-17H,3-13H2,1-2H3. The van der Waals surface area contributed by atoms with Crippen LogP contribution in [0.25, 0.3) is 0 Å². The van der Waals surface area contributed by atoms with Gasteiger partial charge in [-0.3, -0.25) is 4.79 Å². The second-order valence-electron chi connectivity index (χ2n) is 6.97. The van der Waals surface area contributed by atoms with Crippen molar-refractivity contribution in [2.75, 3.05) is 0 Å². The molecule has 0 aromatic heterocycles. The SMILES string of the molecule is CCCC1CCC(C(=O)C2CCCCC2CC)CC1. The van der Waals surface area contributed by atoms with Crippen LogP contribution in [-0.4, -0.2) is 5.78 Å². The second-order valence-corrected chi connectivity index (χ2v) is 6.97. The lowest BCUT2D eigenvalue weighted by Crippen LogP contribution is -2.33. The third kappa shape index (κ3) is 3.83. The Labute approximate surface area is 119 Å². The average molecular weight is 264 g/mol. The first kappa shape index (κ1) is 15.1. The minimum absolute atomic E-state index is 0.422. The van der Waals surface area contributed by atoms with Gasteiger partial charge in [0.2, 0.25) is 0 Å². The highest BCUT2D eigenvalue weighted by molar-refractivity contribution is 5.83. The van der Waals surface area contributed by atoms with Crippen LogP contribution in [-0.2, 0) is 4.79 Å². The third-order valence-electron chi connectivity index (χ3n) is 5.74. The summed E-state index contributed by atoms with van der Waals surface area (Å²) >= 11 is 0. The fraction of sp³-hybridized carbons (Fsp3) is 0.944. The number of carbonyl (C=O) groups excluding carboxylic acids is 1. The lowest BCUT2D eigenvalue weighted by Gasteiger charge is -2.35. The van der Waals surface area contributed by atoms with Crippen molar-refractivity contribution in [1.82, 2.24) is 0 Å². The molecule has 0 aromatic rings. The van der Waals surface area contributed by atoms with Crippen LogP contribution < -0.4 is 0 Å². The van der Waals surface area contributed by atoms with E-state index in [2.05, 4.69) is 13.8 Å². The van der Waals surface area contributed by atoms with Gasteiger partial charge in [0, 0.05) is 11.8 Å². The minimum atomic E-state index is 0.422. The Balaban J connectivity index is 1.86. The fourth-order valence-corrected chi connectivity index (χ4v) is 4.52. The lowest BCUT2D eigenvalue weighted by atomic mass is 9.69. The number of ketones is 1. The van der Waals surface area contributed by atoms with Gasteiger partial charge in [0.05, 0.1) is 0 Å². The van der Waals surface area contributed by atoms with Crippen LogP contribution in [0.3, 0.4) is 0 Å². The molecule has 0 heterocycles. The second kappa shape index (κ2) is 7.45. The summed E-state index contributed by atoms with van der Waals surface area (Å²) in [4.78, 5) is 12.8. The van der Waals surface area contributed by atoms with Crippen LogP contribution in [0.2, 0.25) is 0 Å². The van der Waals surface area contributed by atoms with Crippen LogP contribution in [0.1, 0.15) is 84.5 Å². The topological polar surface area (TPSA) is 17.1 Å². The van der Waals surface area contributed by atoms with Crippen LogP contribution in [0.5, 0.6) is 0 Å². The van der Waals surface area contributed by atoms with Gasteiger partial charge in [0.25, 0.3) is 0 Å². The van der Waals surface area contributed by atoms with E-state index in [9.17, 15) is 4.79 Å². The first-order valence-electron chi connectivity index (χ1n) is 8.80. The summed E-state index contributed by atoms with van der Waals surface area (Å²) in [6.07, 6.45) is 14.0. The Morgan fingerprint density at radius 2 is 1.63 bits per heavy atom. The fourth-order valence-electron chi connectivity index (χ4n) is 4.52. The summed E-state index contributed by atoms with van der Waals surface area (Å²) in [5.74, 6) is 3.12. The van der Waals surface area contributed by atoms with Crippen molar-refractivity contribution >= 4 is 5.78 Å². The molecule has 0 amide bonds. The van der Waals surface area contributed by atoms with Crippen LogP contribution in [0, 0.1) is 23.7 Å². The Morgan fingerprint density at radius 1 is 0.947 bits per heavy atom. The maximum Gasteiger partial charge on any atom is 0.139 e. The van der Waals surface area contributed by atoms with Gasteiger partial charge in [-0.05, 0) is 50.4 Å². The molecule has 0 N–H and O–H groups in total. The van der Waals surface area contributed by atoms with Crippen molar-refractivity contribution in [2.45, 2.75) is 84.5 Å². The zero-order valence-electron chi connectivity index (χ0n) is 13.0. The van der Waals surface area contributed by atoms with E-state index >= 15 is 0 Å². The molecule has 2 aliphatic rings. The van der Waals surface area contributed by atoms with Gasteiger partial charge in [-0.15, -0.1) is 0 Å². The van der Waals surface area contributed by atoms with Crippen molar-refractivity contribution in [3.63, 3.8) is 0 Å². The molecule has 2 rings (SSSR count). The summed E-state index contributed by atoms with van der Waals surface area (Å²) in [5.41, 5.74) is 0. The molecular weight excluding hydrogens is 232 g/mol. The summed E-state index contributed by atoms with van der Waals surface area (Å²) in [6.45, 7) is 4.56. The Bertz CT molecular complexity index is 275. The molecule has 2 unspecified atom stereocenters. The quantitative estimate of drug-likeness (QED) is 0.651. The number of hydrogen-bond donors (Lipinski definition) is 0. The predicted molar refractivity (Wildman–Crippen MR) is 81.1 cm³/mol. The Kier molecular flexibility index (Phi) is 5.91. The molecule has 0 radical (unpaired) electrons. The van der Waals surface area contributed by atoms with E-state index in [1.165, 1.54) is 70.6 Å². The Morgan fingerprint density at radius 3 is 2.26 bits per heavy atom. The van der Waals surface area contributed by atoms with Gasteiger partial charge in [-0.25, -0.2) is 0 Å². The molecule has 2 atom stereocenters. The van der Waals surface area contributed by atoms with Crippen LogP contribution in [0.15, 0.2) is 0 Å². The number of carbonyl (C=O) groups is 1. The molecule has 0 bridgehead atoms. The van der Waals surface area contributed by atoms with Crippen molar-refractivity contribution < 1.29 is 4.79 Å². The average Bonchev–Trinajstić information content (AvgIpc) is 2.47. The van der Waals surface area contributed by atoms with E-state index in [1.807, 2.05) is 0 Å². The largest absolute Gasteiger partial charge is 0.299 e. The first-order valence-corrected chi connectivity index (χ1v) is 8.80. The molecule has 1 heteroatoms. The zero-order chi connectivity index (χ0) is 13.7. The number of hydrogen-bond acceptors (Lipinski definition) is 1. The zero-order valence-corrected chi connectivity index (χ0v) is 13.0. The van der Waals surface area contributed by atoms with E-state index in [-0.39, 0.29) is 0 Å². The minimum Gasteiger partial charge on any atom is -0.299 e. The molecule has 110 valence electrons. The molecule has 2 saturated carbocycles. The van der Waals surface area contributed by atoms with Gasteiger partial charge in [0.15, 0.2) is 0 Å². The summed E-state index contributed by atoms with van der Waals surface area (Å²) < 4.78 is 0. The van der Waals surface area contributed by atoms with Gasteiger partial charge in [-0.1, -0.05) is 46.0 Å². The van der Waals surface area contributed by atoms with Crippen LogP contribution >= 0.6 is 0 Å². The van der Waals surface area contributed by atoms with E-state index in [4.69, 9.17) is 0 Å². The van der Waals surface area contributed by atoms with Gasteiger partial charge >= 0.3 is 0 Å². The lowest BCUT2D eigenvalue weighted by molar-refractivity contribution is -0.131. The van der Waals surface area contributed by atoms with Crippen LogP contribution in [0.4, 0.5) is 0 Å². The maximum atomic E-state index is 12.8. The van der Waals surface area contributed by atoms with Crippen molar-refractivity contribution in [3.8, 4) is 0 Å². The van der Waals surface area contributed by atoms with E-state index in [1.54, 1.807) is 0 Å². The molecule has 0 aromatic carbocycles. The van der Waals surface area contributed by atoms with Crippen molar-refractivity contribution in [3.05, 3.63) is 0 Å². The normalized spacial score (nSPS) is 36.1. The van der Waals surface area contributed by atoms with Gasteiger partial charge < -0.3 is 0 Å². The molecule has 2 aliphatic carbocycles. The molecule has 0 spiro atoms. The molecule has 0 aliphatic heterocycles.